The van der Waals surface area contributed by atoms with Crippen LogP contribution in [-0.4, -0.2) is 21.4 Å². The monoisotopic (exact) mass is 340 g/mol. The summed E-state index contributed by atoms with van der Waals surface area (Å²) in [5.41, 5.74) is 1.70. The molecule has 0 spiro atoms. The van der Waals surface area contributed by atoms with Gasteiger partial charge >= 0.3 is 0 Å². The number of allylic oxidation sites excluding steroid dienone is 3. The molecule has 0 saturated heterocycles. The molecule has 0 aromatic carbocycles. The fourth-order valence-corrected chi connectivity index (χ4v) is 3.12. The van der Waals surface area contributed by atoms with E-state index in [1.807, 2.05) is 33.8 Å². The first-order valence-electron chi connectivity index (χ1n) is 8.14. The van der Waals surface area contributed by atoms with Gasteiger partial charge in [0, 0.05) is 5.92 Å². The first-order chi connectivity index (χ1) is 11.7. The van der Waals surface area contributed by atoms with Gasteiger partial charge in [-0.05, 0) is 50.8 Å². The molecular weight excluding hydrogens is 316 g/mol. The van der Waals surface area contributed by atoms with Crippen molar-refractivity contribution in [2.45, 2.75) is 40.7 Å². The fourth-order valence-electron chi connectivity index (χ4n) is 3.12. The van der Waals surface area contributed by atoms with Crippen molar-refractivity contribution in [1.82, 2.24) is 14.8 Å². The van der Waals surface area contributed by atoms with Crippen molar-refractivity contribution in [2.75, 3.05) is 6.61 Å². The van der Waals surface area contributed by atoms with E-state index in [1.165, 1.54) is 6.33 Å². The van der Waals surface area contributed by atoms with Crippen LogP contribution in [0, 0.1) is 39.4 Å². The van der Waals surface area contributed by atoms with E-state index in [4.69, 9.17) is 10.7 Å². The van der Waals surface area contributed by atoms with Crippen LogP contribution in [0.1, 0.15) is 34.1 Å². The molecular formula is C18H24N6O. The van der Waals surface area contributed by atoms with Crippen molar-refractivity contribution in [3.05, 3.63) is 35.4 Å². The molecule has 1 aromatic rings. The summed E-state index contributed by atoms with van der Waals surface area (Å²) in [6, 6.07) is 4.76. The van der Waals surface area contributed by atoms with Gasteiger partial charge in [0.25, 0.3) is 0 Å². The number of nitrogens with two attached hydrogens (primary N) is 1. The van der Waals surface area contributed by atoms with Gasteiger partial charge in [0.05, 0.1) is 36.1 Å². The number of hydrogen-bond acceptors (Lipinski definition) is 6. The van der Waals surface area contributed by atoms with Crippen LogP contribution < -0.4 is 5.90 Å². The maximum atomic E-state index is 9.66. The zero-order chi connectivity index (χ0) is 18.7. The highest BCUT2D eigenvalue weighted by Crippen LogP contribution is 2.45. The van der Waals surface area contributed by atoms with Crippen molar-refractivity contribution in [3.63, 3.8) is 0 Å². The molecule has 7 heteroatoms. The highest BCUT2D eigenvalue weighted by molar-refractivity contribution is 5.41. The summed E-state index contributed by atoms with van der Waals surface area (Å²) in [6.07, 6.45) is 5.77. The number of aromatic nitrogens is 3. The van der Waals surface area contributed by atoms with Crippen molar-refractivity contribution < 1.29 is 4.84 Å². The number of hydrogen-bond donors (Lipinski definition) is 1. The molecule has 1 aromatic heterocycles. The van der Waals surface area contributed by atoms with Gasteiger partial charge in [-0.3, -0.25) is 0 Å². The largest absolute Gasteiger partial charge is 0.300 e. The third-order valence-corrected chi connectivity index (χ3v) is 4.88. The maximum absolute atomic E-state index is 9.66. The minimum atomic E-state index is -0.619. The summed E-state index contributed by atoms with van der Waals surface area (Å²) >= 11 is 0. The van der Waals surface area contributed by atoms with E-state index in [1.54, 1.807) is 11.0 Å². The minimum Gasteiger partial charge on any atom is -0.300 e. The number of nitrogens with zero attached hydrogens (tertiary/aromatic N) is 5. The van der Waals surface area contributed by atoms with Crippen molar-refractivity contribution in [2.24, 2.45) is 22.6 Å². The Labute approximate surface area is 148 Å². The van der Waals surface area contributed by atoms with Gasteiger partial charge in [-0.2, -0.15) is 15.6 Å². The molecule has 0 radical (unpaired) electrons. The van der Waals surface area contributed by atoms with Gasteiger partial charge in [0.15, 0.2) is 0 Å². The summed E-state index contributed by atoms with van der Waals surface area (Å²) in [4.78, 5) is 8.92. The molecule has 25 heavy (non-hydrogen) atoms. The van der Waals surface area contributed by atoms with Gasteiger partial charge < -0.3 is 4.84 Å². The molecule has 1 heterocycles. The van der Waals surface area contributed by atoms with Crippen LogP contribution in [-0.2, 0) is 11.4 Å². The van der Waals surface area contributed by atoms with Crippen LogP contribution in [0.4, 0.5) is 0 Å². The van der Waals surface area contributed by atoms with Gasteiger partial charge in [-0.15, -0.1) is 0 Å². The normalized spacial score (nSPS) is 18.5. The second-order valence-corrected chi connectivity index (χ2v) is 7.45. The lowest BCUT2D eigenvalue weighted by molar-refractivity contribution is 0.143. The Morgan fingerprint density at radius 1 is 1.32 bits per heavy atom. The molecule has 7 nitrogen and oxygen atoms in total. The van der Waals surface area contributed by atoms with Crippen LogP contribution >= 0.6 is 0 Å². The molecule has 132 valence electrons. The predicted octanol–water partition coefficient (Wildman–Crippen LogP) is 2.51. The zero-order valence-electron chi connectivity index (χ0n) is 15.2. The smallest absolute Gasteiger partial charge is 0.137 e. The summed E-state index contributed by atoms with van der Waals surface area (Å²) < 4.78 is 1.71. The van der Waals surface area contributed by atoms with E-state index < -0.39 is 10.8 Å². The highest BCUT2D eigenvalue weighted by Gasteiger charge is 2.39. The first-order valence-corrected chi connectivity index (χ1v) is 8.14. The van der Waals surface area contributed by atoms with E-state index >= 15 is 0 Å². The van der Waals surface area contributed by atoms with Crippen LogP contribution in [0.25, 0.3) is 0 Å². The standard InChI is InChI=1S/C18H24N6O/c1-17(2,9-19)14-5-13(7-24-12-22-11-23-24)15(8-25-21)16(6-14)18(3,4)10-20/h5,11-12,16H,6-8,21H2,1-4H3. The molecule has 1 unspecified atom stereocenters. The van der Waals surface area contributed by atoms with Crippen LogP contribution in [0.3, 0.4) is 0 Å². The van der Waals surface area contributed by atoms with Gasteiger partial charge in [0.2, 0.25) is 0 Å². The first kappa shape index (κ1) is 18.9. The molecule has 0 fully saturated rings. The highest BCUT2D eigenvalue weighted by atomic mass is 16.6. The lowest BCUT2D eigenvalue weighted by Crippen LogP contribution is -2.33. The molecule has 0 bridgehead atoms. The SMILES string of the molecule is CC(C)(C#N)C1=CC(Cn2cncn2)=C(CON)C(C(C)(C)C#N)C1. The summed E-state index contributed by atoms with van der Waals surface area (Å²) in [5, 5.41) is 23.4. The third kappa shape index (κ3) is 3.96. The molecule has 0 saturated carbocycles. The number of nitriles is 2. The van der Waals surface area contributed by atoms with E-state index in [0.29, 0.717) is 13.0 Å². The Balaban J connectivity index is 2.59. The van der Waals surface area contributed by atoms with E-state index in [0.717, 1.165) is 16.7 Å². The molecule has 0 amide bonds. The van der Waals surface area contributed by atoms with Gasteiger partial charge in [-0.25, -0.2) is 15.6 Å². The zero-order valence-corrected chi connectivity index (χ0v) is 15.2. The van der Waals surface area contributed by atoms with Crippen LogP contribution in [0.2, 0.25) is 0 Å². The fraction of sp³-hybridized carbons (Fsp3) is 0.556. The van der Waals surface area contributed by atoms with Crippen LogP contribution in [0.15, 0.2) is 35.4 Å². The molecule has 1 atom stereocenters. The lowest BCUT2D eigenvalue weighted by atomic mass is 9.65. The van der Waals surface area contributed by atoms with Crippen molar-refractivity contribution in [1.29, 1.82) is 10.5 Å². The quantitative estimate of drug-likeness (QED) is 0.796. The third-order valence-electron chi connectivity index (χ3n) is 4.88. The van der Waals surface area contributed by atoms with E-state index in [2.05, 4.69) is 22.2 Å². The van der Waals surface area contributed by atoms with Crippen LogP contribution in [0.5, 0.6) is 0 Å². The Morgan fingerprint density at radius 2 is 2.04 bits per heavy atom. The average Bonchev–Trinajstić information content (AvgIpc) is 3.09. The Morgan fingerprint density at radius 3 is 2.56 bits per heavy atom. The molecule has 2 N–H and O–H groups in total. The Hall–Kier alpha value is -2.48. The van der Waals surface area contributed by atoms with Gasteiger partial charge in [0.1, 0.15) is 12.7 Å². The van der Waals surface area contributed by atoms with Crippen molar-refractivity contribution >= 4 is 0 Å². The summed E-state index contributed by atoms with van der Waals surface area (Å²) in [5.74, 6) is 5.27. The Kier molecular flexibility index (Phi) is 5.42. The van der Waals surface area contributed by atoms with Crippen molar-refractivity contribution in [3.8, 4) is 12.1 Å². The molecule has 0 aliphatic heterocycles. The topological polar surface area (TPSA) is 114 Å². The second-order valence-electron chi connectivity index (χ2n) is 7.45. The molecule has 1 aliphatic rings. The molecule has 1 aliphatic carbocycles. The summed E-state index contributed by atoms with van der Waals surface area (Å²) in [6.45, 7) is 8.32. The van der Waals surface area contributed by atoms with E-state index in [9.17, 15) is 10.5 Å². The van der Waals surface area contributed by atoms with E-state index in [-0.39, 0.29) is 12.5 Å². The summed E-state index contributed by atoms with van der Waals surface area (Å²) in [7, 11) is 0. The minimum absolute atomic E-state index is 0.0906. The lowest BCUT2D eigenvalue weighted by Gasteiger charge is -2.38. The average molecular weight is 340 g/mol. The second kappa shape index (κ2) is 7.18. The predicted molar refractivity (Wildman–Crippen MR) is 92.2 cm³/mol. The number of rotatable bonds is 6. The molecule has 2 rings (SSSR count). The Bertz CT molecular complexity index is 758. The maximum Gasteiger partial charge on any atom is 0.137 e. The van der Waals surface area contributed by atoms with Gasteiger partial charge in [-0.1, -0.05) is 6.08 Å².